The zero-order valence-electron chi connectivity index (χ0n) is 13.0. The van der Waals surface area contributed by atoms with Gasteiger partial charge in [-0.1, -0.05) is 0 Å². The van der Waals surface area contributed by atoms with Crippen molar-refractivity contribution in [3.63, 3.8) is 0 Å². The van der Waals surface area contributed by atoms with Crippen LogP contribution < -0.4 is 19.5 Å². The Morgan fingerprint density at radius 1 is 1.10 bits per heavy atom. The van der Waals surface area contributed by atoms with Gasteiger partial charge in [-0.15, -0.1) is 0 Å². The molecule has 0 radical (unpaired) electrons. The van der Waals surface area contributed by atoms with Crippen molar-refractivity contribution in [1.82, 2.24) is 5.32 Å². The maximum Gasteiger partial charge on any atom is 0.130 e. The second kappa shape index (κ2) is 7.52. The summed E-state index contributed by atoms with van der Waals surface area (Å²) in [6.07, 6.45) is 2.78. The first-order chi connectivity index (χ1) is 10.2. The molecule has 0 aromatic heterocycles. The van der Waals surface area contributed by atoms with Crippen molar-refractivity contribution in [2.45, 2.75) is 31.9 Å². The average molecular weight is 295 g/mol. The first-order valence-corrected chi connectivity index (χ1v) is 7.35. The molecule has 0 amide bonds. The minimum Gasteiger partial charge on any atom is -0.496 e. The van der Waals surface area contributed by atoms with E-state index in [1.165, 1.54) is 0 Å². The highest BCUT2D eigenvalue weighted by Crippen LogP contribution is 2.34. The summed E-state index contributed by atoms with van der Waals surface area (Å²) in [5, 5.41) is 13.0. The van der Waals surface area contributed by atoms with E-state index in [0.717, 1.165) is 42.9 Å². The molecule has 0 aliphatic heterocycles. The molecule has 5 nitrogen and oxygen atoms in total. The Morgan fingerprint density at radius 2 is 1.76 bits per heavy atom. The number of aliphatic hydroxyl groups is 1. The smallest absolute Gasteiger partial charge is 0.130 e. The second-order valence-electron chi connectivity index (χ2n) is 5.47. The van der Waals surface area contributed by atoms with Gasteiger partial charge in [-0.3, -0.25) is 0 Å². The Bertz CT molecular complexity index is 439. The van der Waals surface area contributed by atoms with Gasteiger partial charge < -0.3 is 24.6 Å². The summed E-state index contributed by atoms with van der Waals surface area (Å²) in [5.74, 6) is 2.77. The Morgan fingerprint density at radius 3 is 2.24 bits per heavy atom. The number of aliphatic hydroxyl groups excluding tert-OH is 1. The zero-order chi connectivity index (χ0) is 15.2. The van der Waals surface area contributed by atoms with Gasteiger partial charge in [0.25, 0.3) is 0 Å². The first kappa shape index (κ1) is 15.9. The first-order valence-electron chi connectivity index (χ1n) is 7.35. The number of benzene rings is 1. The molecule has 1 aliphatic rings. The summed E-state index contributed by atoms with van der Waals surface area (Å²) in [5.41, 5.74) is 0.986. The van der Waals surface area contributed by atoms with Gasteiger partial charge in [0.2, 0.25) is 0 Å². The summed E-state index contributed by atoms with van der Waals surface area (Å²) in [6, 6.07) is 3.72. The summed E-state index contributed by atoms with van der Waals surface area (Å²) in [6.45, 7) is 1.57. The highest BCUT2D eigenvalue weighted by molar-refractivity contribution is 5.50. The molecule has 1 aromatic carbocycles. The maximum atomic E-state index is 9.56. The fourth-order valence-electron chi connectivity index (χ4n) is 2.89. The predicted molar refractivity (Wildman–Crippen MR) is 81.2 cm³/mol. The van der Waals surface area contributed by atoms with Crippen LogP contribution in [0.1, 0.15) is 24.8 Å². The molecule has 0 spiro atoms. The van der Waals surface area contributed by atoms with Crippen molar-refractivity contribution in [3.05, 3.63) is 17.7 Å². The van der Waals surface area contributed by atoms with E-state index in [1.54, 1.807) is 21.3 Å². The van der Waals surface area contributed by atoms with Crippen LogP contribution in [0.3, 0.4) is 0 Å². The molecule has 1 aromatic rings. The van der Waals surface area contributed by atoms with E-state index in [1.807, 2.05) is 12.1 Å². The number of hydrogen-bond acceptors (Lipinski definition) is 5. The number of nitrogens with one attached hydrogen (secondary N) is 1. The van der Waals surface area contributed by atoms with E-state index in [9.17, 15) is 5.11 Å². The molecule has 2 atom stereocenters. The molecular weight excluding hydrogens is 270 g/mol. The van der Waals surface area contributed by atoms with Crippen molar-refractivity contribution >= 4 is 0 Å². The molecule has 0 heterocycles. The Labute approximate surface area is 126 Å². The van der Waals surface area contributed by atoms with Crippen LogP contribution in [0.2, 0.25) is 0 Å². The van der Waals surface area contributed by atoms with E-state index in [4.69, 9.17) is 14.2 Å². The van der Waals surface area contributed by atoms with E-state index in [2.05, 4.69) is 5.32 Å². The van der Waals surface area contributed by atoms with Gasteiger partial charge in [0.1, 0.15) is 17.2 Å². The Kier molecular flexibility index (Phi) is 5.70. The minimum absolute atomic E-state index is 0.123. The average Bonchev–Trinajstić information content (AvgIpc) is 2.92. The van der Waals surface area contributed by atoms with Crippen LogP contribution in [0.15, 0.2) is 12.1 Å². The standard InChI is InChI=1S/C16H25NO4/c1-19-13-7-15(20-2)14(16(8-13)21-3)10-17-9-11-4-5-12(18)6-11/h7-8,11-12,17-18H,4-6,9-10H2,1-3H3. The third kappa shape index (κ3) is 4.02. The lowest BCUT2D eigenvalue weighted by molar-refractivity contribution is 0.177. The monoisotopic (exact) mass is 295 g/mol. The predicted octanol–water partition coefficient (Wildman–Crippen LogP) is 1.96. The van der Waals surface area contributed by atoms with Crippen LogP contribution in [0.4, 0.5) is 0 Å². The molecule has 21 heavy (non-hydrogen) atoms. The summed E-state index contributed by atoms with van der Waals surface area (Å²) >= 11 is 0. The molecule has 1 saturated carbocycles. The molecule has 2 N–H and O–H groups in total. The van der Waals surface area contributed by atoms with Gasteiger partial charge >= 0.3 is 0 Å². The van der Waals surface area contributed by atoms with Crippen LogP contribution in [-0.2, 0) is 6.54 Å². The van der Waals surface area contributed by atoms with Crippen LogP contribution >= 0.6 is 0 Å². The van der Waals surface area contributed by atoms with E-state index in [-0.39, 0.29) is 6.10 Å². The molecule has 0 bridgehead atoms. The van der Waals surface area contributed by atoms with Gasteiger partial charge in [0.15, 0.2) is 0 Å². The van der Waals surface area contributed by atoms with Crippen molar-refractivity contribution in [2.24, 2.45) is 5.92 Å². The molecule has 2 rings (SSSR count). The summed E-state index contributed by atoms with van der Waals surface area (Å²) in [7, 11) is 4.91. The van der Waals surface area contributed by atoms with E-state index < -0.39 is 0 Å². The maximum absolute atomic E-state index is 9.56. The molecule has 0 saturated heterocycles. The lowest BCUT2D eigenvalue weighted by atomic mass is 10.1. The van der Waals surface area contributed by atoms with Crippen LogP contribution in [0.5, 0.6) is 17.2 Å². The number of methoxy groups -OCH3 is 3. The molecule has 1 aliphatic carbocycles. The highest BCUT2D eigenvalue weighted by Gasteiger charge is 2.22. The number of rotatable bonds is 7. The molecule has 2 unspecified atom stereocenters. The Balaban J connectivity index is 2.00. The van der Waals surface area contributed by atoms with Crippen LogP contribution in [-0.4, -0.2) is 39.1 Å². The fourth-order valence-corrected chi connectivity index (χ4v) is 2.89. The number of hydrogen-bond donors (Lipinski definition) is 2. The molecule has 1 fully saturated rings. The van der Waals surface area contributed by atoms with E-state index >= 15 is 0 Å². The largest absolute Gasteiger partial charge is 0.496 e. The third-order valence-corrected chi connectivity index (χ3v) is 4.07. The fraction of sp³-hybridized carbons (Fsp3) is 0.625. The van der Waals surface area contributed by atoms with Gasteiger partial charge in [-0.2, -0.15) is 0 Å². The quantitative estimate of drug-likeness (QED) is 0.805. The third-order valence-electron chi connectivity index (χ3n) is 4.07. The lowest BCUT2D eigenvalue weighted by Gasteiger charge is -2.17. The highest BCUT2D eigenvalue weighted by atomic mass is 16.5. The molecule has 118 valence electrons. The SMILES string of the molecule is COc1cc(OC)c(CNCC2CCC(O)C2)c(OC)c1. The van der Waals surface area contributed by atoms with Crippen LogP contribution in [0, 0.1) is 5.92 Å². The van der Waals surface area contributed by atoms with Crippen molar-refractivity contribution in [2.75, 3.05) is 27.9 Å². The van der Waals surface area contributed by atoms with Gasteiger partial charge in [-0.25, -0.2) is 0 Å². The Hall–Kier alpha value is -1.46. The summed E-state index contributed by atoms with van der Waals surface area (Å²) < 4.78 is 16.1. The van der Waals surface area contributed by atoms with Crippen molar-refractivity contribution in [3.8, 4) is 17.2 Å². The van der Waals surface area contributed by atoms with Gasteiger partial charge in [0, 0.05) is 18.7 Å². The van der Waals surface area contributed by atoms with Gasteiger partial charge in [0.05, 0.1) is 33.0 Å². The molecular formula is C16H25NO4. The molecule has 5 heteroatoms. The van der Waals surface area contributed by atoms with E-state index in [0.29, 0.717) is 18.2 Å². The number of ether oxygens (including phenoxy) is 3. The topological polar surface area (TPSA) is 60.0 Å². The lowest BCUT2D eigenvalue weighted by Crippen LogP contribution is -2.22. The van der Waals surface area contributed by atoms with Crippen LogP contribution in [0.25, 0.3) is 0 Å². The second-order valence-corrected chi connectivity index (χ2v) is 5.47. The zero-order valence-corrected chi connectivity index (χ0v) is 13.0. The van der Waals surface area contributed by atoms with Crippen molar-refractivity contribution < 1.29 is 19.3 Å². The summed E-state index contributed by atoms with van der Waals surface area (Å²) in [4.78, 5) is 0. The minimum atomic E-state index is -0.123. The van der Waals surface area contributed by atoms with Gasteiger partial charge in [-0.05, 0) is 31.7 Å². The normalized spacial score (nSPS) is 21.3. The van der Waals surface area contributed by atoms with Crippen molar-refractivity contribution in [1.29, 1.82) is 0 Å².